The summed E-state index contributed by atoms with van der Waals surface area (Å²) in [6, 6.07) is 5.80. The van der Waals surface area contributed by atoms with Gasteiger partial charge in [-0.15, -0.1) is 0 Å². The van der Waals surface area contributed by atoms with E-state index >= 15 is 0 Å². The van der Waals surface area contributed by atoms with Crippen LogP contribution in [0, 0.1) is 5.92 Å². The molecule has 20 heavy (non-hydrogen) atoms. The molecule has 0 aliphatic rings. The fourth-order valence-electron chi connectivity index (χ4n) is 2.26. The molecule has 0 saturated carbocycles. The van der Waals surface area contributed by atoms with E-state index in [0.717, 1.165) is 29.0 Å². The lowest BCUT2D eigenvalue weighted by atomic mass is 10.2. The highest BCUT2D eigenvalue weighted by atomic mass is 15.4. The van der Waals surface area contributed by atoms with Crippen LogP contribution >= 0.6 is 0 Å². The minimum absolute atomic E-state index is 0.528. The van der Waals surface area contributed by atoms with Crippen molar-refractivity contribution in [3.05, 3.63) is 36.5 Å². The highest BCUT2D eigenvalue weighted by molar-refractivity contribution is 5.81. The number of nitrogen functional groups attached to an aromatic ring is 1. The third kappa shape index (κ3) is 2.36. The molecule has 0 aliphatic carbocycles. The number of fused-ring (bicyclic) bond motifs is 1. The zero-order chi connectivity index (χ0) is 14.1. The molecular formula is C14H18N6. The molecule has 0 spiro atoms. The highest BCUT2D eigenvalue weighted by Crippen LogP contribution is 2.17. The van der Waals surface area contributed by atoms with Crippen molar-refractivity contribution in [2.24, 2.45) is 5.92 Å². The Kier molecular flexibility index (Phi) is 3.14. The molecule has 0 fully saturated rings. The molecule has 0 radical (unpaired) electrons. The second-order valence-corrected chi connectivity index (χ2v) is 5.37. The summed E-state index contributed by atoms with van der Waals surface area (Å²) < 4.78 is 3.84. The van der Waals surface area contributed by atoms with Crippen LogP contribution in [0.5, 0.6) is 0 Å². The van der Waals surface area contributed by atoms with Crippen LogP contribution in [-0.2, 0) is 13.1 Å². The topological polar surface area (TPSA) is 74.5 Å². The van der Waals surface area contributed by atoms with Gasteiger partial charge < -0.3 is 5.73 Å². The Hall–Kier alpha value is -2.37. The van der Waals surface area contributed by atoms with Gasteiger partial charge in [0.1, 0.15) is 18.7 Å². The van der Waals surface area contributed by atoms with E-state index in [1.165, 1.54) is 0 Å². The average Bonchev–Trinajstić information content (AvgIpc) is 2.98. The van der Waals surface area contributed by atoms with E-state index in [2.05, 4.69) is 29.0 Å². The van der Waals surface area contributed by atoms with Crippen LogP contribution in [0.15, 0.2) is 30.7 Å². The molecule has 0 unspecified atom stereocenters. The highest BCUT2D eigenvalue weighted by Gasteiger charge is 2.10. The smallest absolute Gasteiger partial charge is 0.148 e. The molecule has 6 heteroatoms. The summed E-state index contributed by atoms with van der Waals surface area (Å²) in [7, 11) is 0. The SMILES string of the molecule is CC(C)Cn1ncnc1Cn1ncc2ccc(N)cc21. The molecule has 6 nitrogen and oxygen atoms in total. The third-order valence-corrected chi connectivity index (χ3v) is 3.19. The number of hydrogen-bond acceptors (Lipinski definition) is 4. The molecule has 2 heterocycles. The van der Waals surface area contributed by atoms with Crippen LogP contribution in [0.25, 0.3) is 10.9 Å². The van der Waals surface area contributed by atoms with E-state index in [9.17, 15) is 0 Å². The monoisotopic (exact) mass is 270 g/mol. The average molecular weight is 270 g/mol. The first kappa shape index (κ1) is 12.7. The van der Waals surface area contributed by atoms with Crippen LogP contribution in [0.4, 0.5) is 5.69 Å². The van der Waals surface area contributed by atoms with E-state index in [-0.39, 0.29) is 0 Å². The number of benzene rings is 1. The Morgan fingerprint density at radius 1 is 1.20 bits per heavy atom. The van der Waals surface area contributed by atoms with Crippen LogP contribution in [-0.4, -0.2) is 24.5 Å². The standard InChI is InChI=1S/C14H18N6/c1-10(2)7-20-14(16-9-18-20)8-19-13-5-12(15)4-3-11(13)6-17-19/h3-6,9-10H,7-8,15H2,1-2H3. The van der Waals surface area contributed by atoms with Crippen LogP contribution in [0.1, 0.15) is 19.7 Å². The fraction of sp³-hybridized carbons (Fsp3) is 0.357. The zero-order valence-electron chi connectivity index (χ0n) is 11.7. The summed E-state index contributed by atoms with van der Waals surface area (Å²) >= 11 is 0. The number of aromatic nitrogens is 5. The maximum atomic E-state index is 5.85. The van der Waals surface area contributed by atoms with Crippen molar-refractivity contribution in [1.82, 2.24) is 24.5 Å². The lowest BCUT2D eigenvalue weighted by Gasteiger charge is -2.09. The zero-order valence-corrected chi connectivity index (χ0v) is 11.7. The molecule has 2 N–H and O–H groups in total. The summed E-state index contributed by atoms with van der Waals surface area (Å²) in [5.41, 5.74) is 7.60. The minimum atomic E-state index is 0.528. The number of hydrogen-bond donors (Lipinski definition) is 1. The largest absolute Gasteiger partial charge is 0.399 e. The molecule has 2 aromatic heterocycles. The van der Waals surface area contributed by atoms with Gasteiger partial charge in [-0.25, -0.2) is 9.67 Å². The van der Waals surface area contributed by atoms with Crippen molar-refractivity contribution in [2.45, 2.75) is 26.9 Å². The van der Waals surface area contributed by atoms with Crippen molar-refractivity contribution in [2.75, 3.05) is 5.73 Å². The predicted molar refractivity (Wildman–Crippen MR) is 78.1 cm³/mol. The molecule has 0 atom stereocenters. The molecule has 0 amide bonds. The molecule has 104 valence electrons. The maximum absolute atomic E-state index is 5.85. The summed E-state index contributed by atoms with van der Waals surface area (Å²) in [6.45, 7) is 5.78. The molecule has 3 aromatic rings. The van der Waals surface area contributed by atoms with Gasteiger partial charge in [-0.3, -0.25) is 4.68 Å². The van der Waals surface area contributed by atoms with Gasteiger partial charge in [0.15, 0.2) is 0 Å². The first-order valence-corrected chi connectivity index (χ1v) is 6.71. The number of anilines is 1. The predicted octanol–water partition coefficient (Wildman–Crippen LogP) is 1.91. The Labute approximate surface area is 117 Å². The van der Waals surface area contributed by atoms with Crippen molar-refractivity contribution < 1.29 is 0 Å². The summed E-state index contributed by atoms with van der Waals surface area (Å²) in [5, 5.41) is 9.76. The fourth-order valence-corrected chi connectivity index (χ4v) is 2.26. The Morgan fingerprint density at radius 2 is 2.05 bits per heavy atom. The second kappa shape index (κ2) is 4.96. The third-order valence-electron chi connectivity index (χ3n) is 3.19. The Bertz CT molecular complexity index is 724. The van der Waals surface area contributed by atoms with Crippen molar-refractivity contribution in [3.8, 4) is 0 Å². The maximum Gasteiger partial charge on any atom is 0.148 e. The molecule has 3 rings (SSSR count). The Balaban J connectivity index is 1.93. The van der Waals surface area contributed by atoms with E-state index in [1.807, 2.05) is 33.8 Å². The van der Waals surface area contributed by atoms with E-state index in [4.69, 9.17) is 5.73 Å². The van der Waals surface area contributed by atoms with Gasteiger partial charge >= 0.3 is 0 Å². The Morgan fingerprint density at radius 3 is 2.85 bits per heavy atom. The number of rotatable bonds is 4. The normalized spacial score (nSPS) is 11.6. The van der Waals surface area contributed by atoms with Crippen molar-refractivity contribution in [3.63, 3.8) is 0 Å². The van der Waals surface area contributed by atoms with Crippen LogP contribution < -0.4 is 5.73 Å². The van der Waals surface area contributed by atoms with Gasteiger partial charge in [-0.2, -0.15) is 10.2 Å². The minimum Gasteiger partial charge on any atom is -0.399 e. The van der Waals surface area contributed by atoms with E-state index in [0.29, 0.717) is 12.5 Å². The molecule has 0 saturated heterocycles. The van der Waals surface area contributed by atoms with Crippen LogP contribution in [0.2, 0.25) is 0 Å². The summed E-state index contributed by atoms with van der Waals surface area (Å²) in [4.78, 5) is 4.33. The van der Waals surface area contributed by atoms with E-state index < -0.39 is 0 Å². The summed E-state index contributed by atoms with van der Waals surface area (Å²) in [5.74, 6) is 1.44. The molecular weight excluding hydrogens is 252 g/mol. The van der Waals surface area contributed by atoms with Gasteiger partial charge in [0.05, 0.1) is 11.7 Å². The first-order valence-electron chi connectivity index (χ1n) is 6.71. The van der Waals surface area contributed by atoms with Crippen molar-refractivity contribution >= 4 is 16.6 Å². The van der Waals surface area contributed by atoms with Crippen LogP contribution in [0.3, 0.4) is 0 Å². The van der Waals surface area contributed by atoms with Gasteiger partial charge in [0.25, 0.3) is 0 Å². The van der Waals surface area contributed by atoms with Gasteiger partial charge in [-0.05, 0) is 24.1 Å². The lowest BCUT2D eigenvalue weighted by molar-refractivity contribution is 0.458. The summed E-state index contributed by atoms with van der Waals surface area (Å²) in [6.07, 6.45) is 3.44. The quantitative estimate of drug-likeness (QED) is 0.735. The van der Waals surface area contributed by atoms with Crippen molar-refractivity contribution in [1.29, 1.82) is 0 Å². The second-order valence-electron chi connectivity index (χ2n) is 5.37. The molecule has 0 aliphatic heterocycles. The number of nitrogens with zero attached hydrogens (tertiary/aromatic N) is 5. The lowest BCUT2D eigenvalue weighted by Crippen LogP contribution is -2.13. The van der Waals surface area contributed by atoms with Gasteiger partial charge in [-0.1, -0.05) is 13.8 Å². The van der Waals surface area contributed by atoms with Gasteiger partial charge in [0.2, 0.25) is 0 Å². The van der Waals surface area contributed by atoms with E-state index in [1.54, 1.807) is 6.33 Å². The molecule has 0 bridgehead atoms. The first-order chi connectivity index (χ1) is 9.63. The van der Waals surface area contributed by atoms with Gasteiger partial charge in [0, 0.05) is 17.6 Å². The number of nitrogens with two attached hydrogens (primary N) is 1. The molecule has 1 aromatic carbocycles.